The third-order valence-electron chi connectivity index (χ3n) is 5.51. The molecule has 0 radical (unpaired) electrons. The van der Waals surface area contributed by atoms with Gasteiger partial charge < -0.3 is 15.7 Å². The van der Waals surface area contributed by atoms with Crippen LogP contribution in [0, 0.1) is 5.92 Å². The van der Waals surface area contributed by atoms with E-state index in [0.29, 0.717) is 30.3 Å². The van der Waals surface area contributed by atoms with Crippen LogP contribution in [0.4, 0.5) is 0 Å². The lowest BCUT2D eigenvalue weighted by molar-refractivity contribution is -0.142. The van der Waals surface area contributed by atoms with Crippen molar-refractivity contribution < 1.29 is 19.5 Å². The lowest BCUT2D eigenvalue weighted by Gasteiger charge is -2.23. The molecule has 1 saturated carbocycles. The monoisotopic (exact) mass is 400 g/mol. The highest BCUT2D eigenvalue weighted by molar-refractivity contribution is 6.00. The van der Waals surface area contributed by atoms with E-state index in [1.54, 1.807) is 16.8 Å². The second-order valence-corrected chi connectivity index (χ2v) is 7.74. The first-order valence-electron chi connectivity index (χ1n) is 10.2. The van der Waals surface area contributed by atoms with Gasteiger partial charge in [0.1, 0.15) is 6.04 Å². The van der Waals surface area contributed by atoms with E-state index in [1.807, 2.05) is 26.2 Å². The molecule has 0 bridgehead atoms. The number of amides is 2. The summed E-state index contributed by atoms with van der Waals surface area (Å²) in [6.45, 7) is 2.02. The Morgan fingerprint density at radius 2 is 2.10 bits per heavy atom. The van der Waals surface area contributed by atoms with Crippen LogP contribution >= 0.6 is 0 Å². The Morgan fingerprint density at radius 3 is 2.83 bits per heavy atom. The van der Waals surface area contributed by atoms with E-state index in [-0.39, 0.29) is 17.9 Å². The molecular formula is C21H28N4O4. The van der Waals surface area contributed by atoms with E-state index >= 15 is 0 Å². The molecule has 0 unspecified atom stereocenters. The summed E-state index contributed by atoms with van der Waals surface area (Å²) < 4.78 is 1.68. The van der Waals surface area contributed by atoms with Gasteiger partial charge in [-0.05, 0) is 31.4 Å². The van der Waals surface area contributed by atoms with Crippen LogP contribution < -0.4 is 10.6 Å². The van der Waals surface area contributed by atoms with Crippen LogP contribution in [0.5, 0.6) is 0 Å². The Balaban J connectivity index is 1.70. The summed E-state index contributed by atoms with van der Waals surface area (Å²) in [6, 6.07) is 4.17. The molecule has 2 amide bonds. The van der Waals surface area contributed by atoms with Gasteiger partial charge in [0, 0.05) is 30.2 Å². The molecule has 1 aliphatic rings. The van der Waals surface area contributed by atoms with Crippen molar-refractivity contribution in [2.75, 3.05) is 0 Å². The highest BCUT2D eigenvalue weighted by Gasteiger charge is 2.35. The summed E-state index contributed by atoms with van der Waals surface area (Å²) in [6.07, 6.45) is 6.03. The normalized spacial score (nSPS) is 19.8. The molecule has 1 aromatic carbocycles. The van der Waals surface area contributed by atoms with E-state index in [9.17, 15) is 19.5 Å². The number of nitrogens with one attached hydrogen (secondary N) is 2. The molecule has 0 aliphatic heterocycles. The predicted molar refractivity (Wildman–Crippen MR) is 108 cm³/mol. The summed E-state index contributed by atoms with van der Waals surface area (Å²) in [5, 5.41) is 20.3. The number of benzene rings is 1. The Labute approximate surface area is 169 Å². The largest absolute Gasteiger partial charge is 0.481 e. The second kappa shape index (κ2) is 9.07. The van der Waals surface area contributed by atoms with Crippen molar-refractivity contribution >= 4 is 28.7 Å². The first kappa shape index (κ1) is 20.8. The number of aromatic nitrogens is 2. The Kier molecular flexibility index (Phi) is 6.51. The average molecular weight is 400 g/mol. The van der Waals surface area contributed by atoms with E-state index in [0.717, 1.165) is 24.6 Å². The number of carbonyl (C=O) groups is 3. The zero-order valence-electron chi connectivity index (χ0n) is 16.9. The van der Waals surface area contributed by atoms with Gasteiger partial charge in [-0.1, -0.05) is 32.3 Å². The SMILES string of the molecule is CCCC[C@H](NC(=O)c1ccc2cn(C)nc2c1)C(=O)N[C@H]1CCC[C@H]1C(=O)O. The van der Waals surface area contributed by atoms with Crippen LogP contribution in [0.1, 0.15) is 55.8 Å². The first-order chi connectivity index (χ1) is 13.9. The number of unbranched alkanes of at least 4 members (excludes halogenated alkanes) is 1. The number of carbonyl (C=O) groups excluding carboxylic acids is 2. The van der Waals surface area contributed by atoms with Crippen LogP contribution in [0.15, 0.2) is 24.4 Å². The van der Waals surface area contributed by atoms with Crippen molar-refractivity contribution in [1.29, 1.82) is 0 Å². The number of fused-ring (bicyclic) bond motifs is 1. The van der Waals surface area contributed by atoms with Gasteiger partial charge in [0.05, 0.1) is 11.4 Å². The van der Waals surface area contributed by atoms with Crippen molar-refractivity contribution in [2.24, 2.45) is 13.0 Å². The number of carboxylic acids is 1. The fourth-order valence-electron chi connectivity index (χ4n) is 3.91. The maximum absolute atomic E-state index is 12.8. The number of nitrogens with zero attached hydrogens (tertiary/aromatic N) is 2. The van der Waals surface area contributed by atoms with Gasteiger partial charge in [-0.25, -0.2) is 0 Å². The van der Waals surface area contributed by atoms with Crippen molar-refractivity contribution in [3.63, 3.8) is 0 Å². The predicted octanol–water partition coefficient (Wildman–Crippen LogP) is 2.23. The second-order valence-electron chi connectivity index (χ2n) is 7.74. The molecule has 1 heterocycles. The van der Waals surface area contributed by atoms with E-state index in [1.165, 1.54) is 0 Å². The van der Waals surface area contributed by atoms with Gasteiger partial charge in [0.2, 0.25) is 5.91 Å². The summed E-state index contributed by atoms with van der Waals surface area (Å²) in [5.41, 5.74) is 1.15. The minimum atomic E-state index is -0.884. The van der Waals surface area contributed by atoms with Gasteiger partial charge in [-0.15, -0.1) is 0 Å². The van der Waals surface area contributed by atoms with E-state index < -0.39 is 17.9 Å². The Bertz CT molecular complexity index is 907. The Morgan fingerprint density at radius 1 is 1.31 bits per heavy atom. The highest BCUT2D eigenvalue weighted by Crippen LogP contribution is 2.26. The number of hydrogen-bond donors (Lipinski definition) is 3. The molecule has 1 fully saturated rings. The van der Waals surface area contributed by atoms with Gasteiger partial charge in [-0.3, -0.25) is 19.1 Å². The van der Waals surface area contributed by atoms with Gasteiger partial charge in [-0.2, -0.15) is 5.10 Å². The van der Waals surface area contributed by atoms with Crippen LogP contribution in [-0.4, -0.2) is 44.8 Å². The summed E-state index contributed by atoms with van der Waals surface area (Å²) in [5.74, 6) is -2.10. The summed E-state index contributed by atoms with van der Waals surface area (Å²) in [4.78, 5) is 37.0. The smallest absolute Gasteiger partial charge is 0.308 e. The molecule has 3 N–H and O–H groups in total. The van der Waals surface area contributed by atoms with Crippen molar-refractivity contribution in [2.45, 2.75) is 57.5 Å². The molecule has 2 aromatic rings. The van der Waals surface area contributed by atoms with Crippen molar-refractivity contribution in [1.82, 2.24) is 20.4 Å². The van der Waals surface area contributed by atoms with E-state index in [2.05, 4.69) is 15.7 Å². The molecule has 3 atom stereocenters. The minimum Gasteiger partial charge on any atom is -0.481 e. The fraction of sp³-hybridized carbons (Fsp3) is 0.524. The zero-order valence-corrected chi connectivity index (χ0v) is 16.9. The number of aryl methyl sites for hydroxylation is 1. The number of aliphatic carboxylic acids is 1. The maximum Gasteiger partial charge on any atom is 0.308 e. The topological polar surface area (TPSA) is 113 Å². The molecule has 3 rings (SSSR count). The molecule has 0 saturated heterocycles. The van der Waals surface area contributed by atoms with E-state index in [4.69, 9.17) is 0 Å². The highest BCUT2D eigenvalue weighted by atomic mass is 16.4. The van der Waals surface area contributed by atoms with Crippen molar-refractivity contribution in [3.8, 4) is 0 Å². The summed E-state index contributed by atoms with van der Waals surface area (Å²) in [7, 11) is 1.82. The molecule has 1 aliphatic carbocycles. The fourth-order valence-corrected chi connectivity index (χ4v) is 3.91. The molecule has 0 spiro atoms. The number of carboxylic acid groups (broad SMARTS) is 1. The van der Waals surface area contributed by atoms with Crippen LogP contribution in [0.25, 0.3) is 10.9 Å². The first-order valence-corrected chi connectivity index (χ1v) is 10.2. The maximum atomic E-state index is 12.8. The van der Waals surface area contributed by atoms with Gasteiger partial charge in [0.25, 0.3) is 5.91 Å². The van der Waals surface area contributed by atoms with Crippen LogP contribution in [0.3, 0.4) is 0 Å². The number of hydrogen-bond acceptors (Lipinski definition) is 4. The van der Waals surface area contributed by atoms with Crippen LogP contribution in [0.2, 0.25) is 0 Å². The lowest BCUT2D eigenvalue weighted by Crippen LogP contribution is -2.51. The zero-order chi connectivity index (χ0) is 21.0. The molecular weight excluding hydrogens is 372 g/mol. The third kappa shape index (κ3) is 4.93. The molecule has 29 heavy (non-hydrogen) atoms. The van der Waals surface area contributed by atoms with Crippen molar-refractivity contribution in [3.05, 3.63) is 30.0 Å². The van der Waals surface area contributed by atoms with Gasteiger partial charge in [0.15, 0.2) is 0 Å². The van der Waals surface area contributed by atoms with Crippen LogP contribution in [-0.2, 0) is 16.6 Å². The molecule has 8 nitrogen and oxygen atoms in total. The molecule has 156 valence electrons. The number of rotatable bonds is 8. The standard InChI is InChI=1S/C21H28N4O4/c1-3-4-7-17(20(27)22-16-8-5-6-15(16)21(28)29)23-19(26)13-9-10-14-12-25(2)24-18(14)11-13/h9-12,15-17H,3-8H2,1-2H3,(H,22,27)(H,23,26)(H,28,29)/t15-,16+,17+/m1/s1. The third-order valence-corrected chi connectivity index (χ3v) is 5.51. The molecule has 8 heteroatoms. The minimum absolute atomic E-state index is 0.316. The average Bonchev–Trinajstić information content (AvgIpc) is 3.29. The summed E-state index contributed by atoms with van der Waals surface area (Å²) >= 11 is 0. The lowest BCUT2D eigenvalue weighted by atomic mass is 10.0. The van der Waals surface area contributed by atoms with Gasteiger partial charge >= 0.3 is 5.97 Å². The Hall–Kier alpha value is -2.90. The molecule has 1 aromatic heterocycles. The quantitative estimate of drug-likeness (QED) is 0.629.